The van der Waals surface area contributed by atoms with E-state index in [1.165, 1.54) is 22.5 Å². The molecule has 2 aliphatic rings. The molecule has 0 radical (unpaired) electrons. The van der Waals surface area contributed by atoms with E-state index >= 15 is 0 Å². The maximum atomic E-state index is 13.8. The molecule has 1 saturated heterocycles. The van der Waals surface area contributed by atoms with E-state index in [-0.39, 0.29) is 28.8 Å². The van der Waals surface area contributed by atoms with Crippen molar-refractivity contribution in [3.63, 3.8) is 0 Å². The van der Waals surface area contributed by atoms with Crippen LogP contribution in [0.25, 0.3) is 0 Å². The van der Waals surface area contributed by atoms with Gasteiger partial charge in [-0.1, -0.05) is 6.07 Å². The van der Waals surface area contributed by atoms with Crippen LogP contribution >= 0.6 is 0 Å². The average Bonchev–Trinajstić information content (AvgIpc) is 3.01. The molecular weight excluding hydrogens is 295 g/mol. The van der Waals surface area contributed by atoms with Gasteiger partial charge in [-0.15, -0.1) is 0 Å². The number of nitrogens with zero attached hydrogens (tertiary/aromatic N) is 1. The van der Waals surface area contributed by atoms with Crippen molar-refractivity contribution in [2.75, 3.05) is 13.1 Å². The summed E-state index contributed by atoms with van der Waals surface area (Å²) < 4.78 is 40.6. The lowest BCUT2D eigenvalue weighted by molar-refractivity contribution is 0.129. The molecule has 2 fully saturated rings. The van der Waals surface area contributed by atoms with Crippen LogP contribution in [0, 0.1) is 17.7 Å². The van der Waals surface area contributed by atoms with E-state index in [1.54, 1.807) is 0 Å². The topological polar surface area (TPSA) is 83.6 Å². The molecule has 21 heavy (non-hydrogen) atoms. The Bertz CT molecular complexity index is 650. The van der Waals surface area contributed by atoms with Gasteiger partial charge in [-0.2, -0.15) is 4.31 Å². The van der Waals surface area contributed by atoms with Gasteiger partial charge in [0.2, 0.25) is 10.0 Å². The van der Waals surface area contributed by atoms with E-state index < -0.39 is 21.9 Å². The Hall–Kier alpha value is -1.02. The molecule has 7 heteroatoms. The molecule has 1 aliphatic heterocycles. The third-order valence-electron chi connectivity index (χ3n) is 4.68. The van der Waals surface area contributed by atoms with Crippen LogP contribution < -0.4 is 5.73 Å². The van der Waals surface area contributed by atoms with Gasteiger partial charge in [-0.05, 0) is 30.9 Å². The summed E-state index contributed by atoms with van der Waals surface area (Å²) in [5, 5.41) is 9.90. The van der Waals surface area contributed by atoms with Crippen molar-refractivity contribution >= 4 is 10.0 Å². The Balaban J connectivity index is 1.94. The third-order valence-corrected chi connectivity index (χ3v) is 6.60. The summed E-state index contributed by atoms with van der Waals surface area (Å²) in [5.41, 5.74) is 5.52. The maximum Gasteiger partial charge on any atom is 0.243 e. The van der Waals surface area contributed by atoms with E-state index in [0.717, 1.165) is 12.8 Å². The lowest BCUT2D eigenvalue weighted by atomic mass is 10.00. The molecule has 3 N–H and O–H groups in total. The predicted molar refractivity (Wildman–Crippen MR) is 75.3 cm³/mol. The van der Waals surface area contributed by atoms with Crippen LogP contribution in [0.1, 0.15) is 18.4 Å². The van der Waals surface area contributed by atoms with Crippen LogP contribution in [-0.4, -0.2) is 37.0 Å². The van der Waals surface area contributed by atoms with Gasteiger partial charge in [0.25, 0.3) is 0 Å². The summed E-state index contributed by atoms with van der Waals surface area (Å²) in [7, 11) is -3.77. The Labute approximate surface area is 123 Å². The summed E-state index contributed by atoms with van der Waals surface area (Å²) in [5.74, 6) is -0.405. The highest BCUT2D eigenvalue weighted by Crippen LogP contribution is 2.40. The first kappa shape index (κ1) is 14.9. The quantitative estimate of drug-likeness (QED) is 0.859. The number of hydrogen-bond donors (Lipinski definition) is 2. The molecule has 1 aliphatic carbocycles. The first-order chi connectivity index (χ1) is 9.95. The predicted octanol–water partition coefficient (Wildman–Crippen LogP) is 0.676. The third kappa shape index (κ3) is 2.38. The maximum absolute atomic E-state index is 13.8. The highest BCUT2D eigenvalue weighted by atomic mass is 32.2. The highest BCUT2D eigenvalue weighted by Gasteiger charge is 2.46. The van der Waals surface area contributed by atoms with Crippen molar-refractivity contribution in [2.45, 2.75) is 30.4 Å². The van der Waals surface area contributed by atoms with Gasteiger partial charge in [0.1, 0.15) is 5.82 Å². The van der Waals surface area contributed by atoms with Crippen LogP contribution in [0.3, 0.4) is 0 Å². The molecule has 5 nitrogen and oxygen atoms in total. The zero-order chi connectivity index (χ0) is 15.2. The number of rotatable bonds is 3. The van der Waals surface area contributed by atoms with Gasteiger partial charge < -0.3 is 10.8 Å². The van der Waals surface area contributed by atoms with Crippen LogP contribution in [0.5, 0.6) is 0 Å². The van der Waals surface area contributed by atoms with E-state index in [0.29, 0.717) is 13.1 Å². The molecule has 3 unspecified atom stereocenters. The van der Waals surface area contributed by atoms with Gasteiger partial charge in [-0.3, -0.25) is 0 Å². The summed E-state index contributed by atoms with van der Waals surface area (Å²) in [6, 6.07) is 3.99. The van der Waals surface area contributed by atoms with E-state index in [1.807, 2.05) is 0 Å². The molecule has 0 aromatic heterocycles. The minimum atomic E-state index is -3.77. The van der Waals surface area contributed by atoms with E-state index in [9.17, 15) is 17.9 Å². The first-order valence-corrected chi connectivity index (χ1v) is 8.55. The molecule has 0 bridgehead atoms. The number of aliphatic hydroxyl groups excluding tert-OH is 1. The van der Waals surface area contributed by atoms with Crippen molar-refractivity contribution in [2.24, 2.45) is 17.6 Å². The van der Waals surface area contributed by atoms with Gasteiger partial charge in [0, 0.05) is 31.1 Å². The number of hydrogen-bond acceptors (Lipinski definition) is 4. The Morgan fingerprint density at radius 3 is 2.76 bits per heavy atom. The zero-order valence-electron chi connectivity index (χ0n) is 11.6. The van der Waals surface area contributed by atoms with Crippen molar-refractivity contribution in [3.8, 4) is 0 Å². The van der Waals surface area contributed by atoms with E-state index in [4.69, 9.17) is 5.73 Å². The minimum absolute atomic E-state index is 0.00494. The lowest BCUT2D eigenvalue weighted by Crippen LogP contribution is -2.32. The monoisotopic (exact) mass is 314 g/mol. The second-order valence-electron chi connectivity index (χ2n) is 5.81. The van der Waals surface area contributed by atoms with Crippen molar-refractivity contribution in [1.82, 2.24) is 4.31 Å². The number of benzene rings is 1. The van der Waals surface area contributed by atoms with Crippen LogP contribution in [0.4, 0.5) is 4.39 Å². The second kappa shape index (κ2) is 5.31. The Kier molecular flexibility index (Phi) is 3.77. The standard InChI is InChI=1S/C14H19FN2O3S/c15-12-2-1-3-14(10(12)6-16)21(19,20)17-7-9-4-5-13(18)11(9)8-17/h1-3,9,11,13,18H,4-8,16H2. The lowest BCUT2D eigenvalue weighted by Gasteiger charge is -2.20. The first-order valence-electron chi connectivity index (χ1n) is 7.11. The summed E-state index contributed by atoms with van der Waals surface area (Å²) in [4.78, 5) is -0.0561. The molecule has 0 spiro atoms. The average molecular weight is 314 g/mol. The van der Waals surface area contributed by atoms with Gasteiger partial charge in [-0.25, -0.2) is 12.8 Å². The molecular formula is C14H19FN2O3S. The highest BCUT2D eigenvalue weighted by molar-refractivity contribution is 7.89. The minimum Gasteiger partial charge on any atom is -0.393 e. The molecule has 116 valence electrons. The summed E-state index contributed by atoms with van der Waals surface area (Å²) in [6.07, 6.45) is 1.14. The van der Waals surface area contributed by atoms with E-state index in [2.05, 4.69) is 0 Å². The molecule has 0 amide bonds. The number of fused-ring (bicyclic) bond motifs is 1. The van der Waals surface area contributed by atoms with Gasteiger partial charge in [0.15, 0.2) is 0 Å². The number of sulfonamides is 1. The fraction of sp³-hybridized carbons (Fsp3) is 0.571. The van der Waals surface area contributed by atoms with Crippen molar-refractivity contribution < 1.29 is 17.9 Å². The molecule has 1 aromatic carbocycles. The molecule has 1 aromatic rings. The van der Waals surface area contributed by atoms with Gasteiger partial charge >= 0.3 is 0 Å². The second-order valence-corrected chi connectivity index (χ2v) is 7.72. The van der Waals surface area contributed by atoms with Gasteiger partial charge in [0.05, 0.1) is 11.0 Å². The van der Waals surface area contributed by atoms with Crippen LogP contribution in [-0.2, 0) is 16.6 Å². The SMILES string of the molecule is NCc1c(F)cccc1S(=O)(=O)N1CC2CCC(O)C2C1. The Morgan fingerprint density at radius 2 is 2.10 bits per heavy atom. The summed E-state index contributed by atoms with van der Waals surface area (Å²) in [6.45, 7) is 0.532. The fourth-order valence-corrected chi connectivity index (χ4v) is 5.29. The molecule has 1 heterocycles. The smallest absolute Gasteiger partial charge is 0.243 e. The number of aliphatic hydroxyl groups is 1. The van der Waals surface area contributed by atoms with Crippen LogP contribution in [0.2, 0.25) is 0 Å². The van der Waals surface area contributed by atoms with Crippen LogP contribution in [0.15, 0.2) is 23.1 Å². The fourth-order valence-electron chi connectivity index (χ4n) is 3.51. The normalized spacial score (nSPS) is 29.8. The number of nitrogens with two attached hydrogens (primary N) is 1. The Morgan fingerprint density at radius 1 is 1.33 bits per heavy atom. The summed E-state index contributed by atoms with van der Waals surface area (Å²) >= 11 is 0. The molecule has 3 atom stereocenters. The molecule has 3 rings (SSSR count). The zero-order valence-corrected chi connectivity index (χ0v) is 12.4. The van der Waals surface area contributed by atoms with Crippen molar-refractivity contribution in [1.29, 1.82) is 0 Å². The molecule has 1 saturated carbocycles. The number of halogens is 1. The largest absolute Gasteiger partial charge is 0.393 e. The van der Waals surface area contributed by atoms with Crippen molar-refractivity contribution in [3.05, 3.63) is 29.6 Å².